The molecule has 0 atom stereocenters. The summed E-state index contributed by atoms with van der Waals surface area (Å²) in [5, 5.41) is 13.3. The van der Waals surface area contributed by atoms with Crippen LogP contribution < -0.4 is 5.32 Å². The van der Waals surface area contributed by atoms with E-state index in [2.05, 4.69) is 5.32 Å². The van der Waals surface area contributed by atoms with E-state index in [1.165, 1.54) is 11.8 Å². The van der Waals surface area contributed by atoms with Gasteiger partial charge in [-0.25, -0.2) is 0 Å². The van der Waals surface area contributed by atoms with Crippen molar-refractivity contribution in [3.8, 4) is 6.07 Å². The molecule has 0 heterocycles. The molecule has 2 aromatic rings. The van der Waals surface area contributed by atoms with E-state index in [9.17, 15) is 10.1 Å². The number of allylic oxidation sites excluding steroid dienone is 1. The molecule has 0 unspecified atom stereocenters. The number of rotatable bonds is 5. The summed E-state index contributed by atoms with van der Waals surface area (Å²) >= 11 is 7.36. The molecule has 2 rings (SSSR count). The zero-order valence-electron chi connectivity index (χ0n) is 11.8. The monoisotopic (exact) mass is 328 g/mol. The van der Waals surface area contributed by atoms with Gasteiger partial charge in [0.2, 0.25) is 5.78 Å². The number of hydrogen-bond donors (Lipinski definition) is 1. The van der Waals surface area contributed by atoms with Crippen molar-refractivity contribution >= 4 is 34.8 Å². The second kappa shape index (κ2) is 7.69. The molecular weight excluding hydrogens is 316 g/mol. The largest absolute Gasteiger partial charge is 0.349 e. The number of nitriles is 1. The molecule has 0 saturated carbocycles. The van der Waals surface area contributed by atoms with E-state index >= 15 is 0 Å². The summed E-state index contributed by atoms with van der Waals surface area (Å²) in [6.07, 6.45) is 1.81. The van der Waals surface area contributed by atoms with Crippen molar-refractivity contribution in [3.05, 3.63) is 75.8 Å². The maximum Gasteiger partial charge on any atom is 0.207 e. The highest BCUT2D eigenvalue weighted by Crippen LogP contribution is 2.25. The number of benzene rings is 2. The first kappa shape index (κ1) is 16.2. The summed E-state index contributed by atoms with van der Waals surface area (Å²) in [5.41, 5.74) is 1.18. The fourth-order valence-corrected chi connectivity index (χ4v) is 2.64. The van der Waals surface area contributed by atoms with Crippen molar-refractivity contribution in [2.75, 3.05) is 11.6 Å². The van der Waals surface area contributed by atoms with Gasteiger partial charge in [-0.3, -0.25) is 4.79 Å². The van der Waals surface area contributed by atoms with Gasteiger partial charge >= 0.3 is 0 Å². The molecule has 3 nitrogen and oxygen atoms in total. The zero-order chi connectivity index (χ0) is 15.9. The second-order valence-corrected chi connectivity index (χ2v) is 5.54. The summed E-state index contributed by atoms with van der Waals surface area (Å²) in [6, 6.07) is 18.1. The quantitative estimate of drug-likeness (QED) is 0.489. The van der Waals surface area contributed by atoms with Gasteiger partial charge in [0.05, 0.1) is 10.1 Å². The van der Waals surface area contributed by atoms with Crippen LogP contribution in [-0.4, -0.2) is 12.0 Å². The van der Waals surface area contributed by atoms with Crippen LogP contribution in [0.15, 0.2) is 65.2 Å². The van der Waals surface area contributed by atoms with Crippen LogP contribution in [0.3, 0.4) is 0 Å². The minimum Gasteiger partial charge on any atom is -0.349 e. The number of para-hydroxylation sites is 1. The van der Waals surface area contributed by atoms with Crippen molar-refractivity contribution in [1.29, 1.82) is 5.26 Å². The van der Waals surface area contributed by atoms with Gasteiger partial charge in [-0.1, -0.05) is 41.9 Å². The molecule has 0 spiro atoms. The SMILES string of the molecule is CS/C(Nc1ccccc1)=C(\C#N)C(=O)c1ccccc1Cl. The fraction of sp³-hybridized carbons (Fsp3) is 0.0588. The molecule has 0 bridgehead atoms. The third-order valence-corrected chi connectivity index (χ3v) is 3.96. The van der Waals surface area contributed by atoms with Crippen LogP contribution in [-0.2, 0) is 0 Å². The van der Waals surface area contributed by atoms with Crippen LogP contribution in [0.4, 0.5) is 5.69 Å². The Bertz CT molecular complexity index is 751. The average molecular weight is 329 g/mol. The molecule has 0 saturated heterocycles. The number of carbonyl (C=O) groups is 1. The molecule has 0 aromatic heterocycles. The second-order valence-electron chi connectivity index (χ2n) is 4.32. The van der Waals surface area contributed by atoms with E-state index in [4.69, 9.17) is 11.6 Å². The number of anilines is 1. The fourth-order valence-electron chi connectivity index (χ4n) is 1.85. The molecule has 0 aliphatic rings. The smallest absolute Gasteiger partial charge is 0.207 e. The lowest BCUT2D eigenvalue weighted by Gasteiger charge is -2.11. The van der Waals surface area contributed by atoms with Crippen molar-refractivity contribution < 1.29 is 4.79 Å². The predicted octanol–water partition coefficient (Wildman–Crippen LogP) is 4.73. The minimum absolute atomic E-state index is 0.0458. The van der Waals surface area contributed by atoms with Gasteiger partial charge in [0.15, 0.2) is 0 Å². The van der Waals surface area contributed by atoms with E-state index < -0.39 is 0 Å². The number of carbonyl (C=O) groups excluding carboxylic acids is 1. The third-order valence-electron chi connectivity index (χ3n) is 2.92. The van der Waals surface area contributed by atoms with Gasteiger partial charge in [-0.05, 0) is 30.5 Å². The summed E-state index contributed by atoms with van der Waals surface area (Å²) in [7, 11) is 0. The molecular formula is C17H13ClN2OS. The standard InChI is InChI=1S/C17H13ClN2OS/c1-22-17(20-12-7-3-2-4-8-12)14(11-19)16(21)13-9-5-6-10-15(13)18/h2-10,20H,1H3/b17-14+. The van der Waals surface area contributed by atoms with E-state index in [0.717, 1.165) is 5.69 Å². The maximum atomic E-state index is 12.6. The third kappa shape index (κ3) is 3.70. The number of nitrogens with one attached hydrogen (secondary N) is 1. The average Bonchev–Trinajstić information content (AvgIpc) is 2.55. The molecule has 0 aliphatic carbocycles. The van der Waals surface area contributed by atoms with Crippen molar-refractivity contribution in [3.63, 3.8) is 0 Å². The highest BCUT2D eigenvalue weighted by atomic mass is 35.5. The summed E-state index contributed by atoms with van der Waals surface area (Å²) in [4.78, 5) is 12.6. The number of nitrogens with zero attached hydrogens (tertiary/aromatic N) is 1. The number of thioether (sulfide) groups is 1. The van der Waals surface area contributed by atoms with Crippen molar-refractivity contribution in [1.82, 2.24) is 0 Å². The number of Topliss-reactive ketones (excluding diaryl/α,β-unsaturated/α-hetero) is 1. The molecule has 110 valence electrons. The zero-order valence-corrected chi connectivity index (χ0v) is 13.4. The van der Waals surface area contributed by atoms with Crippen LogP contribution in [0.2, 0.25) is 5.02 Å². The lowest BCUT2D eigenvalue weighted by Crippen LogP contribution is -2.09. The van der Waals surface area contributed by atoms with Crippen LogP contribution in [0.1, 0.15) is 10.4 Å². The Labute approximate surface area is 138 Å². The first-order chi connectivity index (χ1) is 10.7. The minimum atomic E-state index is -0.388. The number of hydrogen-bond acceptors (Lipinski definition) is 4. The van der Waals surface area contributed by atoms with Gasteiger partial charge < -0.3 is 5.32 Å². The van der Waals surface area contributed by atoms with E-state index in [-0.39, 0.29) is 11.4 Å². The van der Waals surface area contributed by atoms with Gasteiger partial charge in [-0.15, -0.1) is 11.8 Å². The molecule has 1 N–H and O–H groups in total. The lowest BCUT2D eigenvalue weighted by atomic mass is 10.1. The molecule has 0 aliphatic heterocycles. The van der Waals surface area contributed by atoms with Gasteiger partial charge in [0, 0.05) is 11.3 Å². The Kier molecular flexibility index (Phi) is 5.65. The predicted molar refractivity (Wildman–Crippen MR) is 92.0 cm³/mol. The molecule has 0 radical (unpaired) electrons. The van der Waals surface area contributed by atoms with Crippen LogP contribution >= 0.6 is 23.4 Å². The Morgan fingerprint density at radius 3 is 2.36 bits per heavy atom. The van der Waals surface area contributed by atoms with Crippen molar-refractivity contribution in [2.45, 2.75) is 0 Å². The van der Waals surface area contributed by atoms with Crippen molar-refractivity contribution in [2.24, 2.45) is 0 Å². The Morgan fingerprint density at radius 1 is 1.14 bits per heavy atom. The van der Waals surface area contributed by atoms with E-state index in [1.54, 1.807) is 24.3 Å². The Balaban J connectivity index is 2.41. The normalized spacial score (nSPS) is 11.3. The number of halogens is 1. The molecule has 2 aromatic carbocycles. The van der Waals surface area contributed by atoms with Crippen LogP contribution in [0, 0.1) is 11.3 Å². The van der Waals surface area contributed by atoms with E-state index in [1.807, 2.05) is 42.7 Å². The maximum absolute atomic E-state index is 12.6. The highest BCUT2D eigenvalue weighted by Gasteiger charge is 2.19. The lowest BCUT2D eigenvalue weighted by molar-refractivity contribution is 0.103. The van der Waals surface area contributed by atoms with Crippen LogP contribution in [0.25, 0.3) is 0 Å². The van der Waals surface area contributed by atoms with Gasteiger partial charge in [0.25, 0.3) is 0 Å². The molecule has 0 fully saturated rings. The summed E-state index contributed by atoms with van der Waals surface area (Å²) < 4.78 is 0. The summed E-state index contributed by atoms with van der Waals surface area (Å²) in [6.45, 7) is 0. The van der Waals surface area contributed by atoms with Crippen LogP contribution in [0.5, 0.6) is 0 Å². The first-order valence-electron chi connectivity index (χ1n) is 6.47. The van der Waals surface area contributed by atoms with Gasteiger partial charge in [0.1, 0.15) is 11.6 Å². The highest BCUT2D eigenvalue weighted by molar-refractivity contribution is 8.02. The van der Waals surface area contributed by atoms with Gasteiger partial charge in [-0.2, -0.15) is 5.26 Å². The molecule has 5 heteroatoms. The van der Waals surface area contributed by atoms with E-state index in [0.29, 0.717) is 15.6 Å². The summed E-state index contributed by atoms with van der Waals surface area (Å²) in [5.74, 6) is -0.388. The molecule has 0 amide bonds. The first-order valence-corrected chi connectivity index (χ1v) is 8.07. The number of ketones is 1. The molecule has 22 heavy (non-hydrogen) atoms. The Morgan fingerprint density at radius 2 is 1.77 bits per heavy atom. The Hall–Kier alpha value is -2.22. The topological polar surface area (TPSA) is 52.9 Å².